The summed E-state index contributed by atoms with van der Waals surface area (Å²) in [5, 5.41) is 9.11. The first-order chi connectivity index (χ1) is 8.82. The maximum Gasteiger partial charge on any atom is 0.307 e. The highest BCUT2D eigenvalue weighted by Gasteiger charge is 2.42. The lowest BCUT2D eigenvalue weighted by Crippen LogP contribution is -2.52. The standard InChI is InChI=1S/C12H19NO5S/c1-8-7-19(17,18)6-5-13(8)11(14)9-3-2-4-10(9)12(15)16/h8-10H,2-7H2,1H3,(H,15,16). The van der Waals surface area contributed by atoms with Gasteiger partial charge in [-0.3, -0.25) is 9.59 Å². The number of rotatable bonds is 2. The molecule has 2 rings (SSSR count). The third kappa shape index (κ3) is 2.91. The highest BCUT2D eigenvalue weighted by molar-refractivity contribution is 7.91. The molecule has 1 aliphatic carbocycles. The SMILES string of the molecule is CC1CS(=O)(=O)CCN1C(=O)C1CCCC1C(=O)O. The topological polar surface area (TPSA) is 91.8 Å². The molecule has 0 aromatic carbocycles. The Morgan fingerprint density at radius 2 is 1.84 bits per heavy atom. The quantitative estimate of drug-likeness (QED) is 0.780. The first-order valence-corrected chi connectivity index (χ1v) is 8.37. The van der Waals surface area contributed by atoms with Crippen LogP contribution >= 0.6 is 0 Å². The van der Waals surface area contributed by atoms with E-state index in [9.17, 15) is 18.0 Å². The van der Waals surface area contributed by atoms with Crippen LogP contribution in [0.1, 0.15) is 26.2 Å². The summed E-state index contributed by atoms with van der Waals surface area (Å²) in [5.74, 6) is -2.25. The molecule has 2 fully saturated rings. The lowest BCUT2D eigenvalue weighted by atomic mass is 9.94. The van der Waals surface area contributed by atoms with E-state index >= 15 is 0 Å². The highest BCUT2D eigenvalue weighted by atomic mass is 32.2. The van der Waals surface area contributed by atoms with Gasteiger partial charge in [-0.05, 0) is 19.8 Å². The fraction of sp³-hybridized carbons (Fsp3) is 0.833. The molecular weight excluding hydrogens is 270 g/mol. The number of carbonyl (C=O) groups excluding carboxylic acids is 1. The average Bonchev–Trinajstić information content (AvgIpc) is 2.75. The Kier molecular flexibility index (Phi) is 3.85. The number of carboxylic acids is 1. The van der Waals surface area contributed by atoms with E-state index in [1.165, 1.54) is 0 Å². The van der Waals surface area contributed by atoms with E-state index in [1.54, 1.807) is 11.8 Å². The number of aliphatic carboxylic acids is 1. The maximum absolute atomic E-state index is 12.4. The van der Waals surface area contributed by atoms with Crippen molar-refractivity contribution in [2.24, 2.45) is 11.8 Å². The Labute approximate surface area is 112 Å². The van der Waals surface area contributed by atoms with E-state index in [0.29, 0.717) is 12.8 Å². The van der Waals surface area contributed by atoms with Crippen molar-refractivity contribution < 1.29 is 23.1 Å². The second kappa shape index (κ2) is 5.11. The number of nitrogens with zero attached hydrogens (tertiary/aromatic N) is 1. The van der Waals surface area contributed by atoms with E-state index in [0.717, 1.165) is 6.42 Å². The molecule has 2 aliphatic rings. The fourth-order valence-corrected chi connectivity index (χ4v) is 4.65. The van der Waals surface area contributed by atoms with E-state index < -0.39 is 27.6 Å². The lowest BCUT2D eigenvalue weighted by molar-refractivity contribution is -0.149. The number of sulfone groups is 1. The van der Waals surface area contributed by atoms with Crippen molar-refractivity contribution in [2.75, 3.05) is 18.1 Å². The largest absolute Gasteiger partial charge is 0.481 e. The summed E-state index contributed by atoms with van der Waals surface area (Å²) in [6, 6.07) is -0.360. The van der Waals surface area contributed by atoms with Crippen molar-refractivity contribution in [1.82, 2.24) is 4.90 Å². The van der Waals surface area contributed by atoms with Gasteiger partial charge in [-0.1, -0.05) is 6.42 Å². The molecule has 1 saturated heterocycles. The lowest BCUT2D eigenvalue weighted by Gasteiger charge is -2.35. The van der Waals surface area contributed by atoms with Gasteiger partial charge in [0.2, 0.25) is 5.91 Å². The van der Waals surface area contributed by atoms with Crippen molar-refractivity contribution >= 4 is 21.7 Å². The van der Waals surface area contributed by atoms with Crippen LogP contribution in [0.4, 0.5) is 0 Å². The second-order valence-electron chi connectivity index (χ2n) is 5.48. The van der Waals surface area contributed by atoms with Crippen LogP contribution in [-0.2, 0) is 19.4 Å². The summed E-state index contributed by atoms with van der Waals surface area (Å²) in [5.41, 5.74) is 0. The smallest absolute Gasteiger partial charge is 0.307 e. The zero-order chi connectivity index (χ0) is 14.2. The van der Waals surface area contributed by atoms with Crippen LogP contribution in [0.15, 0.2) is 0 Å². The Morgan fingerprint density at radius 1 is 1.21 bits per heavy atom. The summed E-state index contributed by atoms with van der Waals surface area (Å²) >= 11 is 0. The van der Waals surface area contributed by atoms with Gasteiger partial charge in [-0.25, -0.2) is 8.42 Å². The summed E-state index contributed by atoms with van der Waals surface area (Å²) in [7, 11) is -3.06. The number of carboxylic acid groups (broad SMARTS) is 1. The van der Waals surface area contributed by atoms with Gasteiger partial charge < -0.3 is 10.0 Å². The van der Waals surface area contributed by atoms with Crippen molar-refractivity contribution in [3.63, 3.8) is 0 Å². The van der Waals surface area contributed by atoms with Crippen molar-refractivity contribution in [2.45, 2.75) is 32.2 Å². The Bertz CT molecular complexity index is 486. The molecule has 0 aromatic heterocycles. The molecule has 0 spiro atoms. The number of hydrogen-bond acceptors (Lipinski definition) is 4. The van der Waals surface area contributed by atoms with Gasteiger partial charge in [-0.2, -0.15) is 0 Å². The summed E-state index contributed by atoms with van der Waals surface area (Å²) in [4.78, 5) is 25.1. The molecule has 19 heavy (non-hydrogen) atoms. The van der Waals surface area contributed by atoms with Gasteiger partial charge in [-0.15, -0.1) is 0 Å². The van der Waals surface area contributed by atoms with Crippen LogP contribution in [0.25, 0.3) is 0 Å². The zero-order valence-corrected chi connectivity index (χ0v) is 11.7. The third-order valence-electron chi connectivity index (χ3n) is 4.10. The van der Waals surface area contributed by atoms with E-state index in [4.69, 9.17) is 5.11 Å². The minimum atomic E-state index is -3.06. The molecule has 3 unspecified atom stereocenters. The van der Waals surface area contributed by atoms with Crippen LogP contribution in [0.5, 0.6) is 0 Å². The minimum Gasteiger partial charge on any atom is -0.481 e. The summed E-state index contributed by atoms with van der Waals surface area (Å²) < 4.78 is 23.0. The van der Waals surface area contributed by atoms with Gasteiger partial charge in [0.1, 0.15) is 0 Å². The van der Waals surface area contributed by atoms with Crippen molar-refractivity contribution in [3.05, 3.63) is 0 Å². The second-order valence-corrected chi connectivity index (χ2v) is 7.71. The van der Waals surface area contributed by atoms with Crippen LogP contribution in [0, 0.1) is 11.8 Å². The number of hydrogen-bond donors (Lipinski definition) is 1. The third-order valence-corrected chi connectivity index (χ3v) is 5.90. The van der Waals surface area contributed by atoms with Gasteiger partial charge in [0, 0.05) is 12.6 Å². The maximum atomic E-state index is 12.4. The predicted octanol–water partition coefficient (Wildman–Crippen LogP) is 0.133. The first kappa shape index (κ1) is 14.3. The van der Waals surface area contributed by atoms with Crippen LogP contribution < -0.4 is 0 Å². The molecular formula is C12H19NO5S. The molecule has 1 saturated carbocycles. The van der Waals surface area contributed by atoms with E-state index in [1.807, 2.05) is 0 Å². The van der Waals surface area contributed by atoms with Crippen LogP contribution in [-0.4, -0.2) is 54.4 Å². The summed E-state index contributed by atoms with van der Waals surface area (Å²) in [6.07, 6.45) is 1.87. The Morgan fingerprint density at radius 3 is 2.42 bits per heavy atom. The normalized spacial score (nSPS) is 34.2. The molecule has 108 valence electrons. The number of amides is 1. The monoisotopic (exact) mass is 289 g/mol. The fourth-order valence-electron chi connectivity index (χ4n) is 3.09. The molecule has 0 aromatic rings. The van der Waals surface area contributed by atoms with Gasteiger partial charge >= 0.3 is 5.97 Å². The molecule has 0 radical (unpaired) electrons. The number of carbonyl (C=O) groups is 2. The summed E-state index contributed by atoms with van der Waals surface area (Å²) in [6.45, 7) is 1.89. The molecule has 1 amide bonds. The van der Waals surface area contributed by atoms with Crippen molar-refractivity contribution in [1.29, 1.82) is 0 Å². The first-order valence-electron chi connectivity index (χ1n) is 6.55. The van der Waals surface area contributed by atoms with Crippen LogP contribution in [0.2, 0.25) is 0 Å². The van der Waals surface area contributed by atoms with Crippen molar-refractivity contribution in [3.8, 4) is 0 Å². The molecule has 1 aliphatic heterocycles. The van der Waals surface area contributed by atoms with E-state index in [-0.39, 0.29) is 30.0 Å². The molecule has 1 heterocycles. The van der Waals surface area contributed by atoms with Gasteiger partial charge in [0.05, 0.1) is 23.3 Å². The zero-order valence-electron chi connectivity index (χ0n) is 10.9. The Balaban J connectivity index is 2.10. The Hall–Kier alpha value is -1.11. The van der Waals surface area contributed by atoms with Gasteiger partial charge in [0.15, 0.2) is 9.84 Å². The molecule has 1 N–H and O–H groups in total. The van der Waals surface area contributed by atoms with E-state index in [2.05, 4.69) is 0 Å². The minimum absolute atomic E-state index is 0.0203. The molecule has 0 bridgehead atoms. The molecule has 3 atom stereocenters. The van der Waals surface area contributed by atoms with Gasteiger partial charge in [0.25, 0.3) is 0 Å². The predicted molar refractivity (Wildman–Crippen MR) is 68.3 cm³/mol. The molecule has 7 heteroatoms. The highest BCUT2D eigenvalue weighted by Crippen LogP contribution is 2.34. The van der Waals surface area contributed by atoms with Crippen LogP contribution in [0.3, 0.4) is 0 Å². The average molecular weight is 289 g/mol. The molecule has 6 nitrogen and oxygen atoms in total.